The highest BCUT2D eigenvalue weighted by atomic mass is 35.7. The van der Waals surface area contributed by atoms with Crippen molar-refractivity contribution < 1.29 is 13.2 Å². The van der Waals surface area contributed by atoms with Gasteiger partial charge in [0.15, 0.2) is 0 Å². The van der Waals surface area contributed by atoms with Gasteiger partial charge in [-0.3, -0.25) is 0 Å². The fourth-order valence-electron chi connectivity index (χ4n) is 2.24. The van der Waals surface area contributed by atoms with Gasteiger partial charge < -0.3 is 4.74 Å². The van der Waals surface area contributed by atoms with Crippen molar-refractivity contribution in [3.05, 3.63) is 0 Å². The Hall–Kier alpha value is 0.200. The van der Waals surface area contributed by atoms with Gasteiger partial charge in [0, 0.05) is 17.3 Å². The van der Waals surface area contributed by atoms with Crippen LogP contribution in [0.4, 0.5) is 0 Å². The van der Waals surface area contributed by atoms with E-state index in [0.717, 1.165) is 12.8 Å². The Kier molecular flexibility index (Phi) is 5.36. The molecule has 90 valence electrons. The van der Waals surface area contributed by atoms with Gasteiger partial charge in [-0.1, -0.05) is 19.3 Å². The highest BCUT2D eigenvalue weighted by molar-refractivity contribution is 8.13. The fourth-order valence-corrected chi connectivity index (χ4v) is 3.37. The summed E-state index contributed by atoms with van der Waals surface area (Å²) in [7, 11) is 1.83. The topological polar surface area (TPSA) is 43.4 Å². The Balaban J connectivity index is 2.55. The summed E-state index contributed by atoms with van der Waals surface area (Å²) < 4.78 is 27.6. The van der Waals surface area contributed by atoms with E-state index < -0.39 is 9.05 Å². The summed E-state index contributed by atoms with van der Waals surface area (Å²) in [6.07, 6.45) is 5.53. The Labute approximate surface area is 96.6 Å². The zero-order chi connectivity index (χ0) is 11.3. The molecule has 15 heavy (non-hydrogen) atoms. The van der Waals surface area contributed by atoms with Gasteiger partial charge in [-0.25, -0.2) is 8.42 Å². The average molecular weight is 255 g/mol. The van der Waals surface area contributed by atoms with Crippen LogP contribution in [-0.4, -0.2) is 26.9 Å². The SMILES string of the molecule is CCOC(CS(=O)(=O)Cl)C1CCCCC1. The molecule has 1 rings (SSSR count). The maximum absolute atomic E-state index is 11.0. The third-order valence-electron chi connectivity index (χ3n) is 2.92. The van der Waals surface area contributed by atoms with Gasteiger partial charge in [0.2, 0.25) is 9.05 Å². The number of halogens is 1. The van der Waals surface area contributed by atoms with Gasteiger partial charge >= 0.3 is 0 Å². The second kappa shape index (κ2) is 6.06. The fraction of sp³-hybridized carbons (Fsp3) is 1.00. The van der Waals surface area contributed by atoms with Crippen molar-refractivity contribution in [1.82, 2.24) is 0 Å². The number of hydrogen-bond acceptors (Lipinski definition) is 3. The summed E-state index contributed by atoms with van der Waals surface area (Å²) in [6.45, 7) is 2.43. The molecule has 1 aliphatic rings. The first kappa shape index (κ1) is 13.3. The zero-order valence-electron chi connectivity index (χ0n) is 9.12. The molecule has 1 saturated carbocycles. The van der Waals surface area contributed by atoms with Gasteiger partial charge in [-0.2, -0.15) is 0 Å². The molecule has 0 bridgehead atoms. The molecule has 0 N–H and O–H groups in total. The minimum Gasteiger partial charge on any atom is -0.377 e. The molecule has 0 heterocycles. The first-order chi connectivity index (χ1) is 7.03. The van der Waals surface area contributed by atoms with E-state index in [4.69, 9.17) is 15.4 Å². The molecule has 0 radical (unpaired) electrons. The van der Waals surface area contributed by atoms with Gasteiger partial charge in [-0.15, -0.1) is 0 Å². The van der Waals surface area contributed by atoms with E-state index in [1.165, 1.54) is 19.3 Å². The van der Waals surface area contributed by atoms with Gasteiger partial charge in [0.25, 0.3) is 0 Å². The summed E-state index contributed by atoms with van der Waals surface area (Å²) in [5, 5.41) is 0. The molecule has 0 aromatic rings. The smallest absolute Gasteiger partial charge is 0.235 e. The molecule has 0 amide bonds. The molecule has 1 aliphatic carbocycles. The standard InChI is InChI=1S/C10H19ClO3S/c1-2-14-10(8-15(11,12)13)9-6-4-3-5-7-9/h9-10H,2-8H2,1H3. The molecular formula is C10H19ClO3S. The van der Waals surface area contributed by atoms with Crippen LogP contribution in [0.25, 0.3) is 0 Å². The minimum atomic E-state index is -3.45. The van der Waals surface area contributed by atoms with Crippen LogP contribution in [0.5, 0.6) is 0 Å². The molecule has 0 spiro atoms. The molecule has 1 fully saturated rings. The van der Waals surface area contributed by atoms with Crippen LogP contribution in [0.15, 0.2) is 0 Å². The number of hydrogen-bond donors (Lipinski definition) is 0. The molecular weight excluding hydrogens is 236 g/mol. The van der Waals surface area contributed by atoms with Crippen molar-refractivity contribution >= 4 is 19.7 Å². The normalized spacial score (nSPS) is 21.5. The van der Waals surface area contributed by atoms with Crippen molar-refractivity contribution in [1.29, 1.82) is 0 Å². The van der Waals surface area contributed by atoms with Crippen molar-refractivity contribution in [2.24, 2.45) is 5.92 Å². The lowest BCUT2D eigenvalue weighted by Gasteiger charge is -2.29. The number of rotatable bonds is 5. The van der Waals surface area contributed by atoms with E-state index in [1.807, 2.05) is 6.92 Å². The first-order valence-corrected chi connectivity index (χ1v) is 8.04. The second-order valence-corrected chi connectivity index (χ2v) is 6.92. The molecule has 0 aromatic heterocycles. The lowest BCUT2D eigenvalue weighted by molar-refractivity contribution is 0.0227. The van der Waals surface area contributed by atoms with Crippen LogP contribution >= 0.6 is 10.7 Å². The van der Waals surface area contributed by atoms with Crippen LogP contribution in [0.2, 0.25) is 0 Å². The highest BCUT2D eigenvalue weighted by Gasteiger charge is 2.27. The lowest BCUT2D eigenvalue weighted by atomic mass is 9.86. The van der Waals surface area contributed by atoms with E-state index in [-0.39, 0.29) is 11.9 Å². The van der Waals surface area contributed by atoms with Gasteiger partial charge in [0.1, 0.15) is 0 Å². The van der Waals surface area contributed by atoms with Crippen LogP contribution < -0.4 is 0 Å². The van der Waals surface area contributed by atoms with Crippen molar-refractivity contribution in [2.75, 3.05) is 12.4 Å². The third-order valence-corrected chi connectivity index (χ3v) is 4.02. The molecule has 1 unspecified atom stereocenters. The van der Waals surface area contributed by atoms with E-state index in [1.54, 1.807) is 0 Å². The highest BCUT2D eigenvalue weighted by Crippen LogP contribution is 2.29. The Morgan fingerprint density at radius 1 is 1.33 bits per heavy atom. The van der Waals surface area contributed by atoms with Gasteiger partial charge in [0.05, 0.1) is 11.9 Å². The Bertz CT molecular complexity index is 270. The van der Waals surface area contributed by atoms with Crippen molar-refractivity contribution in [3.8, 4) is 0 Å². The molecule has 5 heteroatoms. The van der Waals surface area contributed by atoms with Crippen LogP contribution in [-0.2, 0) is 13.8 Å². The minimum absolute atomic E-state index is 0.0485. The van der Waals surface area contributed by atoms with E-state index >= 15 is 0 Å². The summed E-state index contributed by atoms with van der Waals surface area (Å²) in [6, 6.07) is 0. The van der Waals surface area contributed by atoms with E-state index in [9.17, 15) is 8.42 Å². The summed E-state index contributed by atoms with van der Waals surface area (Å²) in [5.41, 5.74) is 0. The van der Waals surface area contributed by atoms with Crippen molar-refractivity contribution in [2.45, 2.75) is 45.1 Å². The third kappa shape index (κ3) is 5.18. The first-order valence-electron chi connectivity index (χ1n) is 5.57. The summed E-state index contributed by atoms with van der Waals surface area (Å²) >= 11 is 0. The molecule has 3 nitrogen and oxygen atoms in total. The van der Waals surface area contributed by atoms with E-state index in [0.29, 0.717) is 12.5 Å². The second-order valence-electron chi connectivity index (χ2n) is 4.10. The van der Waals surface area contributed by atoms with E-state index in [2.05, 4.69) is 0 Å². The van der Waals surface area contributed by atoms with Crippen LogP contribution in [0.1, 0.15) is 39.0 Å². The van der Waals surface area contributed by atoms with Gasteiger partial charge in [-0.05, 0) is 25.7 Å². The predicted molar refractivity (Wildman–Crippen MR) is 61.6 cm³/mol. The maximum Gasteiger partial charge on any atom is 0.235 e. The van der Waals surface area contributed by atoms with Crippen molar-refractivity contribution in [3.63, 3.8) is 0 Å². The largest absolute Gasteiger partial charge is 0.377 e. The molecule has 0 aliphatic heterocycles. The quantitative estimate of drug-likeness (QED) is 0.708. The van der Waals surface area contributed by atoms with Crippen LogP contribution in [0, 0.1) is 5.92 Å². The average Bonchev–Trinajstić information content (AvgIpc) is 2.17. The Morgan fingerprint density at radius 2 is 1.93 bits per heavy atom. The number of ether oxygens (including phenoxy) is 1. The summed E-state index contributed by atoms with van der Waals surface area (Å²) in [5.74, 6) is 0.319. The maximum atomic E-state index is 11.0. The molecule has 1 atom stereocenters. The lowest BCUT2D eigenvalue weighted by Crippen LogP contribution is -2.31. The Morgan fingerprint density at radius 3 is 2.40 bits per heavy atom. The monoisotopic (exact) mass is 254 g/mol. The zero-order valence-corrected chi connectivity index (χ0v) is 10.7. The van der Waals surface area contributed by atoms with Crippen LogP contribution in [0.3, 0.4) is 0 Å². The summed E-state index contributed by atoms with van der Waals surface area (Å²) in [4.78, 5) is 0. The molecule has 0 saturated heterocycles. The predicted octanol–water partition coefficient (Wildman–Crippen LogP) is 2.54. The molecule has 0 aromatic carbocycles.